The van der Waals surface area contributed by atoms with E-state index in [1.165, 1.54) is 24.3 Å². The van der Waals surface area contributed by atoms with Crippen molar-refractivity contribution in [2.45, 2.75) is 13.8 Å². The highest BCUT2D eigenvalue weighted by Gasteiger charge is 2.12. The maximum Gasteiger partial charge on any atom is 0.343 e. The van der Waals surface area contributed by atoms with Crippen LogP contribution in [-0.4, -0.2) is 29.5 Å². The Morgan fingerprint density at radius 3 is 2.58 bits per heavy atom. The summed E-state index contributed by atoms with van der Waals surface area (Å²) in [6, 6.07) is 10.3. The molecule has 0 saturated carbocycles. The highest BCUT2D eigenvalue weighted by molar-refractivity contribution is 5.94. The summed E-state index contributed by atoms with van der Waals surface area (Å²) in [6.45, 7) is 5.12. The largest absolute Gasteiger partial charge is 0.423 e. The number of esters is 1. The van der Waals surface area contributed by atoms with E-state index in [0.29, 0.717) is 22.5 Å². The van der Waals surface area contributed by atoms with Gasteiger partial charge in [0.2, 0.25) is 0 Å². The maximum absolute atomic E-state index is 12.9. The molecule has 3 rings (SSSR count). The van der Waals surface area contributed by atoms with E-state index in [1.807, 2.05) is 11.9 Å². The molecule has 0 spiro atoms. The molecule has 0 atom stereocenters. The van der Waals surface area contributed by atoms with Gasteiger partial charge in [0.1, 0.15) is 17.4 Å². The van der Waals surface area contributed by atoms with Crippen LogP contribution in [-0.2, 0) is 0 Å². The lowest BCUT2D eigenvalue weighted by molar-refractivity contribution is 0.0734. The zero-order valence-electron chi connectivity index (χ0n) is 14.9. The standard InChI is InChI=1S/C20H20FN3O2/c1-13(2)12-24(3)19-11-22-17-9-4-14(10-18(17)23-19)20(25)26-16-7-5-15(21)6-8-16/h4-11,13H,12H2,1-3H3. The zero-order chi connectivity index (χ0) is 18.7. The third kappa shape index (κ3) is 4.14. The number of hydrogen-bond donors (Lipinski definition) is 0. The van der Waals surface area contributed by atoms with Crippen LogP contribution < -0.4 is 9.64 Å². The quantitative estimate of drug-likeness (QED) is 0.511. The van der Waals surface area contributed by atoms with Gasteiger partial charge in [-0.1, -0.05) is 13.8 Å². The highest BCUT2D eigenvalue weighted by Crippen LogP contribution is 2.19. The van der Waals surface area contributed by atoms with Crippen LogP contribution in [0.15, 0.2) is 48.7 Å². The molecule has 1 heterocycles. The van der Waals surface area contributed by atoms with Crippen LogP contribution >= 0.6 is 0 Å². The average Bonchev–Trinajstić information content (AvgIpc) is 2.62. The summed E-state index contributed by atoms with van der Waals surface area (Å²) in [4.78, 5) is 23.4. The Bertz CT molecular complexity index is 926. The average molecular weight is 353 g/mol. The monoisotopic (exact) mass is 353 g/mol. The second kappa shape index (κ2) is 7.47. The fraction of sp³-hybridized carbons (Fsp3) is 0.250. The van der Waals surface area contributed by atoms with Gasteiger partial charge in [0.05, 0.1) is 22.8 Å². The van der Waals surface area contributed by atoms with E-state index in [0.717, 1.165) is 12.4 Å². The number of carbonyl (C=O) groups excluding carboxylic acids is 1. The van der Waals surface area contributed by atoms with Gasteiger partial charge in [-0.25, -0.2) is 14.2 Å². The molecule has 0 aliphatic carbocycles. The molecule has 0 saturated heterocycles. The third-order valence-corrected chi connectivity index (χ3v) is 3.82. The normalized spacial score (nSPS) is 11.0. The van der Waals surface area contributed by atoms with E-state index in [2.05, 4.69) is 23.8 Å². The minimum atomic E-state index is -0.527. The van der Waals surface area contributed by atoms with E-state index < -0.39 is 5.97 Å². The molecule has 0 fully saturated rings. The highest BCUT2D eigenvalue weighted by atomic mass is 19.1. The van der Waals surface area contributed by atoms with Crippen LogP contribution in [0, 0.1) is 11.7 Å². The molecule has 0 N–H and O–H groups in total. The molecule has 3 aromatic rings. The Morgan fingerprint density at radius 2 is 1.88 bits per heavy atom. The molecule has 0 bridgehead atoms. The molecule has 0 unspecified atom stereocenters. The molecule has 6 heteroatoms. The van der Waals surface area contributed by atoms with Crippen molar-refractivity contribution < 1.29 is 13.9 Å². The molecular weight excluding hydrogens is 333 g/mol. The van der Waals surface area contributed by atoms with Crippen molar-refractivity contribution in [2.75, 3.05) is 18.5 Å². The van der Waals surface area contributed by atoms with Crippen LogP contribution in [0.1, 0.15) is 24.2 Å². The number of benzene rings is 2. The Kier molecular flexibility index (Phi) is 5.11. The van der Waals surface area contributed by atoms with Crippen molar-refractivity contribution in [1.29, 1.82) is 0 Å². The van der Waals surface area contributed by atoms with Gasteiger partial charge in [-0.2, -0.15) is 0 Å². The Morgan fingerprint density at radius 1 is 1.15 bits per heavy atom. The van der Waals surface area contributed by atoms with Crippen molar-refractivity contribution in [1.82, 2.24) is 9.97 Å². The van der Waals surface area contributed by atoms with Crippen molar-refractivity contribution in [2.24, 2.45) is 5.92 Å². The van der Waals surface area contributed by atoms with Gasteiger partial charge in [0.25, 0.3) is 0 Å². The Hall–Kier alpha value is -3.02. The first kappa shape index (κ1) is 17.8. The molecule has 0 aliphatic heterocycles. The number of rotatable bonds is 5. The second-order valence-electron chi connectivity index (χ2n) is 6.55. The number of ether oxygens (including phenoxy) is 1. The van der Waals surface area contributed by atoms with E-state index in [-0.39, 0.29) is 11.6 Å². The van der Waals surface area contributed by atoms with Crippen LogP contribution in [0.25, 0.3) is 11.0 Å². The van der Waals surface area contributed by atoms with Crippen LogP contribution in [0.3, 0.4) is 0 Å². The number of fused-ring (bicyclic) bond motifs is 1. The number of anilines is 1. The van der Waals surface area contributed by atoms with Crippen molar-refractivity contribution in [3.63, 3.8) is 0 Å². The van der Waals surface area contributed by atoms with Gasteiger partial charge in [0, 0.05) is 13.6 Å². The zero-order valence-corrected chi connectivity index (χ0v) is 14.9. The Labute approximate surface area is 151 Å². The maximum atomic E-state index is 12.9. The van der Waals surface area contributed by atoms with Gasteiger partial charge in [0.15, 0.2) is 0 Å². The molecule has 0 radical (unpaired) electrons. The lowest BCUT2D eigenvalue weighted by atomic mass is 10.2. The van der Waals surface area contributed by atoms with Crippen LogP contribution in [0.5, 0.6) is 5.75 Å². The molecule has 0 aliphatic rings. The van der Waals surface area contributed by atoms with Gasteiger partial charge in [-0.05, 0) is 48.4 Å². The summed E-state index contributed by atoms with van der Waals surface area (Å²) in [6.07, 6.45) is 1.72. The van der Waals surface area contributed by atoms with E-state index in [1.54, 1.807) is 24.4 Å². The van der Waals surface area contributed by atoms with Crippen LogP contribution in [0.2, 0.25) is 0 Å². The molecular formula is C20H20FN3O2. The number of nitrogens with zero attached hydrogens (tertiary/aromatic N) is 3. The van der Waals surface area contributed by atoms with Crippen LogP contribution in [0.4, 0.5) is 10.2 Å². The summed E-state index contributed by atoms with van der Waals surface area (Å²) in [5, 5.41) is 0. The topological polar surface area (TPSA) is 55.3 Å². The van der Waals surface area contributed by atoms with Gasteiger partial charge in [-0.3, -0.25) is 4.98 Å². The third-order valence-electron chi connectivity index (χ3n) is 3.82. The first-order chi connectivity index (χ1) is 12.4. The first-order valence-corrected chi connectivity index (χ1v) is 8.38. The lowest BCUT2D eigenvalue weighted by Gasteiger charge is -2.20. The minimum Gasteiger partial charge on any atom is -0.423 e. The van der Waals surface area contributed by atoms with Gasteiger partial charge in [-0.15, -0.1) is 0 Å². The smallest absolute Gasteiger partial charge is 0.343 e. The summed E-state index contributed by atoms with van der Waals surface area (Å²) < 4.78 is 18.2. The second-order valence-corrected chi connectivity index (χ2v) is 6.55. The van der Waals surface area contributed by atoms with E-state index >= 15 is 0 Å². The predicted molar refractivity (Wildman–Crippen MR) is 99.0 cm³/mol. The molecule has 1 aromatic heterocycles. The van der Waals surface area contributed by atoms with Crippen molar-refractivity contribution in [3.05, 3.63) is 60.0 Å². The fourth-order valence-electron chi connectivity index (χ4n) is 2.62. The summed E-state index contributed by atoms with van der Waals surface area (Å²) >= 11 is 0. The molecule has 26 heavy (non-hydrogen) atoms. The molecule has 5 nitrogen and oxygen atoms in total. The van der Waals surface area contributed by atoms with Crippen molar-refractivity contribution in [3.8, 4) is 5.75 Å². The molecule has 2 aromatic carbocycles. The van der Waals surface area contributed by atoms with Gasteiger partial charge >= 0.3 is 5.97 Å². The number of halogens is 1. The minimum absolute atomic E-state index is 0.285. The summed E-state index contributed by atoms with van der Waals surface area (Å²) in [7, 11) is 1.96. The molecule has 0 amide bonds. The first-order valence-electron chi connectivity index (χ1n) is 8.38. The van der Waals surface area contributed by atoms with Gasteiger partial charge < -0.3 is 9.64 Å². The number of hydrogen-bond acceptors (Lipinski definition) is 5. The summed E-state index contributed by atoms with van der Waals surface area (Å²) in [5.41, 5.74) is 1.68. The van der Waals surface area contributed by atoms with E-state index in [4.69, 9.17) is 4.74 Å². The number of carbonyl (C=O) groups is 1. The lowest BCUT2D eigenvalue weighted by Crippen LogP contribution is -2.23. The molecule has 134 valence electrons. The van der Waals surface area contributed by atoms with E-state index in [9.17, 15) is 9.18 Å². The van der Waals surface area contributed by atoms with Crippen molar-refractivity contribution >= 4 is 22.8 Å². The predicted octanol–water partition coefficient (Wildman–Crippen LogP) is 4.08. The Balaban J connectivity index is 1.84. The SMILES string of the molecule is CC(C)CN(C)c1cnc2ccc(C(=O)Oc3ccc(F)cc3)cc2n1. The summed E-state index contributed by atoms with van der Waals surface area (Å²) in [5.74, 6) is 0.614. The number of aromatic nitrogens is 2. The fourth-order valence-corrected chi connectivity index (χ4v) is 2.62.